The van der Waals surface area contributed by atoms with Gasteiger partial charge in [-0.15, -0.1) is 0 Å². The summed E-state index contributed by atoms with van der Waals surface area (Å²) >= 11 is 0. The van der Waals surface area contributed by atoms with Crippen LogP contribution in [0.2, 0.25) is 0 Å². The summed E-state index contributed by atoms with van der Waals surface area (Å²) in [5.41, 5.74) is 5.36. The number of cyclic esters (lactones) is 2. The zero-order valence-electron chi connectivity index (χ0n) is 10.8. The van der Waals surface area contributed by atoms with Crippen LogP contribution in [0.4, 0.5) is 0 Å². The third kappa shape index (κ3) is 4.62. The van der Waals surface area contributed by atoms with E-state index in [0.29, 0.717) is 19.5 Å². The summed E-state index contributed by atoms with van der Waals surface area (Å²) < 4.78 is 10.2. The molecule has 0 aromatic carbocycles. The highest BCUT2D eigenvalue weighted by atomic mass is 16.6. The van der Waals surface area contributed by atoms with Gasteiger partial charge in [-0.1, -0.05) is 6.92 Å². The van der Waals surface area contributed by atoms with E-state index in [1.165, 1.54) is 0 Å². The first-order chi connectivity index (χ1) is 8.69. The number of hydrogen-bond donors (Lipinski definition) is 2. The van der Waals surface area contributed by atoms with Crippen molar-refractivity contribution in [1.82, 2.24) is 5.32 Å². The van der Waals surface area contributed by atoms with Crippen molar-refractivity contribution in [1.29, 1.82) is 0 Å². The van der Waals surface area contributed by atoms with Gasteiger partial charge in [0.2, 0.25) is 6.10 Å². The molecule has 2 unspecified atom stereocenters. The van der Waals surface area contributed by atoms with E-state index in [-0.39, 0.29) is 0 Å². The van der Waals surface area contributed by atoms with Crippen LogP contribution >= 0.6 is 0 Å². The van der Waals surface area contributed by atoms with Gasteiger partial charge in [0.1, 0.15) is 0 Å². The maximum absolute atomic E-state index is 11.6. The number of carbonyl (C=O) groups is 2. The second kappa shape index (κ2) is 8.05. The van der Waals surface area contributed by atoms with E-state index < -0.39 is 24.1 Å². The van der Waals surface area contributed by atoms with Crippen LogP contribution in [0.15, 0.2) is 0 Å². The molecular formula is C12H22N2O4. The van der Waals surface area contributed by atoms with Gasteiger partial charge >= 0.3 is 11.9 Å². The summed E-state index contributed by atoms with van der Waals surface area (Å²) in [5, 5.41) is 3.03. The molecule has 0 amide bonds. The fourth-order valence-corrected chi connectivity index (χ4v) is 1.71. The van der Waals surface area contributed by atoms with Gasteiger partial charge < -0.3 is 20.5 Å². The number of nitrogens with one attached hydrogen (secondary N) is 1. The molecular weight excluding hydrogens is 236 g/mol. The zero-order chi connectivity index (χ0) is 13.4. The Balaban J connectivity index is 2.34. The lowest BCUT2D eigenvalue weighted by Gasteiger charge is -2.27. The van der Waals surface area contributed by atoms with E-state index in [2.05, 4.69) is 5.32 Å². The number of esters is 2. The van der Waals surface area contributed by atoms with Gasteiger partial charge in [0.15, 0.2) is 6.10 Å². The molecule has 3 N–H and O–H groups in total. The summed E-state index contributed by atoms with van der Waals surface area (Å²) in [6.07, 6.45) is 1.43. The molecule has 0 aliphatic carbocycles. The molecule has 104 valence electrons. The van der Waals surface area contributed by atoms with E-state index in [4.69, 9.17) is 15.2 Å². The molecule has 1 heterocycles. The van der Waals surface area contributed by atoms with Crippen LogP contribution in [0.25, 0.3) is 0 Å². The summed E-state index contributed by atoms with van der Waals surface area (Å²) in [5.74, 6) is -0.911. The Kier molecular flexibility index (Phi) is 6.67. The lowest BCUT2D eigenvalue weighted by atomic mass is 10.1. The minimum absolute atomic E-state index is 0.313. The lowest BCUT2D eigenvalue weighted by molar-refractivity contribution is -0.195. The first-order valence-corrected chi connectivity index (χ1v) is 6.50. The Morgan fingerprint density at radius 1 is 1.17 bits per heavy atom. The van der Waals surface area contributed by atoms with Gasteiger partial charge in [-0.05, 0) is 38.8 Å². The predicted octanol–water partition coefficient (Wildman–Crippen LogP) is -0.0478. The van der Waals surface area contributed by atoms with Crippen molar-refractivity contribution in [3.05, 3.63) is 0 Å². The Bertz CT molecular complexity index is 255. The molecule has 0 aromatic heterocycles. The van der Waals surface area contributed by atoms with Gasteiger partial charge in [-0.25, -0.2) is 9.59 Å². The quantitative estimate of drug-likeness (QED) is 0.468. The number of ether oxygens (including phenoxy) is 2. The number of nitrogens with two attached hydrogens (primary N) is 1. The first kappa shape index (κ1) is 14.9. The molecule has 0 radical (unpaired) electrons. The standard InChI is InChI=1S/C12H22N2O4/c1-2-7-14-8-10-12(16)17-9(11(15)18-10)5-3-4-6-13/h9-10,14H,2-8,13H2,1H3. The van der Waals surface area contributed by atoms with Crippen molar-refractivity contribution >= 4 is 11.9 Å². The molecule has 1 aliphatic heterocycles. The van der Waals surface area contributed by atoms with E-state index >= 15 is 0 Å². The van der Waals surface area contributed by atoms with Crippen LogP contribution < -0.4 is 11.1 Å². The van der Waals surface area contributed by atoms with Crippen LogP contribution in [-0.4, -0.2) is 43.8 Å². The highest BCUT2D eigenvalue weighted by molar-refractivity contribution is 5.87. The lowest BCUT2D eigenvalue weighted by Crippen LogP contribution is -2.48. The highest BCUT2D eigenvalue weighted by Crippen LogP contribution is 2.15. The van der Waals surface area contributed by atoms with Gasteiger partial charge in [0.25, 0.3) is 0 Å². The molecule has 6 nitrogen and oxygen atoms in total. The summed E-state index contributed by atoms with van der Waals surface area (Å²) in [7, 11) is 0. The molecule has 1 aliphatic rings. The third-order valence-electron chi connectivity index (χ3n) is 2.72. The van der Waals surface area contributed by atoms with E-state index in [9.17, 15) is 9.59 Å². The second-order valence-corrected chi connectivity index (χ2v) is 4.34. The largest absolute Gasteiger partial charge is 0.448 e. The van der Waals surface area contributed by atoms with Gasteiger partial charge in [-0.3, -0.25) is 0 Å². The fourth-order valence-electron chi connectivity index (χ4n) is 1.71. The normalized spacial score (nSPS) is 23.7. The molecule has 1 rings (SSSR count). The van der Waals surface area contributed by atoms with Crippen molar-refractivity contribution in [3.8, 4) is 0 Å². The maximum atomic E-state index is 11.6. The molecule has 1 saturated heterocycles. The minimum Gasteiger partial charge on any atom is -0.448 e. The van der Waals surface area contributed by atoms with Crippen molar-refractivity contribution < 1.29 is 19.1 Å². The third-order valence-corrected chi connectivity index (χ3v) is 2.72. The molecule has 0 spiro atoms. The molecule has 2 atom stereocenters. The first-order valence-electron chi connectivity index (χ1n) is 6.50. The SMILES string of the molecule is CCCNCC1OC(=O)C(CCCCN)OC1=O. The molecule has 0 bridgehead atoms. The van der Waals surface area contributed by atoms with Crippen molar-refractivity contribution in [2.75, 3.05) is 19.6 Å². The maximum Gasteiger partial charge on any atom is 0.349 e. The van der Waals surface area contributed by atoms with E-state index in [0.717, 1.165) is 25.8 Å². The molecule has 1 fully saturated rings. The second-order valence-electron chi connectivity index (χ2n) is 4.34. The van der Waals surface area contributed by atoms with E-state index in [1.54, 1.807) is 0 Å². The number of rotatable bonds is 8. The van der Waals surface area contributed by atoms with Gasteiger partial charge in [0, 0.05) is 6.54 Å². The van der Waals surface area contributed by atoms with Crippen LogP contribution in [0.5, 0.6) is 0 Å². The topological polar surface area (TPSA) is 90.7 Å². The number of unbranched alkanes of at least 4 members (excludes halogenated alkanes) is 1. The van der Waals surface area contributed by atoms with E-state index in [1.807, 2.05) is 6.92 Å². The average Bonchev–Trinajstić information content (AvgIpc) is 2.35. The van der Waals surface area contributed by atoms with Crippen LogP contribution in [0.3, 0.4) is 0 Å². The predicted molar refractivity (Wildman–Crippen MR) is 65.8 cm³/mol. The Hall–Kier alpha value is -1.14. The summed E-state index contributed by atoms with van der Waals surface area (Å²) in [6.45, 7) is 3.68. The highest BCUT2D eigenvalue weighted by Gasteiger charge is 2.37. The molecule has 18 heavy (non-hydrogen) atoms. The average molecular weight is 258 g/mol. The van der Waals surface area contributed by atoms with Crippen LogP contribution in [0, 0.1) is 0 Å². The summed E-state index contributed by atoms with van der Waals surface area (Å²) in [6, 6.07) is 0. The number of hydrogen-bond acceptors (Lipinski definition) is 6. The van der Waals surface area contributed by atoms with Crippen molar-refractivity contribution in [2.24, 2.45) is 5.73 Å². The number of carbonyl (C=O) groups excluding carboxylic acids is 2. The van der Waals surface area contributed by atoms with Gasteiger partial charge in [0.05, 0.1) is 0 Å². The smallest absolute Gasteiger partial charge is 0.349 e. The summed E-state index contributed by atoms with van der Waals surface area (Å²) in [4.78, 5) is 23.2. The van der Waals surface area contributed by atoms with Gasteiger partial charge in [-0.2, -0.15) is 0 Å². The minimum atomic E-state index is -0.810. The Morgan fingerprint density at radius 3 is 2.50 bits per heavy atom. The monoisotopic (exact) mass is 258 g/mol. The van der Waals surface area contributed by atoms with Crippen LogP contribution in [0.1, 0.15) is 32.6 Å². The molecule has 0 saturated carbocycles. The fraction of sp³-hybridized carbons (Fsp3) is 0.833. The molecule has 0 aromatic rings. The Morgan fingerprint density at radius 2 is 1.83 bits per heavy atom. The Labute approximate surface area is 107 Å². The van der Waals surface area contributed by atoms with Crippen LogP contribution in [-0.2, 0) is 19.1 Å². The van der Waals surface area contributed by atoms with Crippen molar-refractivity contribution in [2.45, 2.75) is 44.8 Å². The molecule has 6 heteroatoms. The van der Waals surface area contributed by atoms with Crippen molar-refractivity contribution in [3.63, 3.8) is 0 Å². The zero-order valence-corrected chi connectivity index (χ0v) is 10.8.